The van der Waals surface area contributed by atoms with Crippen LogP contribution in [0.4, 0.5) is 11.6 Å². The van der Waals surface area contributed by atoms with Gasteiger partial charge in [0.1, 0.15) is 5.69 Å². The van der Waals surface area contributed by atoms with Crippen LogP contribution in [0.3, 0.4) is 0 Å². The van der Waals surface area contributed by atoms with Gasteiger partial charge < -0.3 is 10.6 Å². The molecule has 2 rings (SSSR count). The van der Waals surface area contributed by atoms with E-state index in [0.717, 1.165) is 16.6 Å². The van der Waals surface area contributed by atoms with Crippen LogP contribution >= 0.6 is 15.9 Å². The van der Waals surface area contributed by atoms with Crippen molar-refractivity contribution in [2.45, 2.75) is 20.3 Å². The first kappa shape index (κ1) is 16.4. The molecule has 0 unspecified atom stereocenters. The number of carbonyl (C=O) groups is 1. The number of nitrogens with one attached hydrogen (secondary N) is 2. The summed E-state index contributed by atoms with van der Waals surface area (Å²) >= 11 is 3.41. The molecule has 116 valence electrons. The van der Waals surface area contributed by atoms with Crippen LogP contribution < -0.4 is 10.6 Å². The van der Waals surface area contributed by atoms with Crippen molar-refractivity contribution in [2.24, 2.45) is 5.92 Å². The number of hydrogen-bond acceptors (Lipinski definition) is 4. The number of halogens is 1. The van der Waals surface area contributed by atoms with Crippen LogP contribution in [-0.2, 0) is 0 Å². The minimum absolute atomic E-state index is 0.180. The summed E-state index contributed by atoms with van der Waals surface area (Å²) in [6.07, 6.45) is 2.52. The monoisotopic (exact) mass is 362 g/mol. The molecule has 1 amide bonds. The van der Waals surface area contributed by atoms with Crippen LogP contribution in [0.15, 0.2) is 41.0 Å². The number of rotatable bonds is 6. The standard InChI is InChI=1S/C16H19BrN4O/c1-11(2)6-8-18-15(22)14-7-9-19-16(21-14)20-13-5-3-4-12(17)10-13/h3-5,7,9-11H,6,8H2,1-2H3,(H,18,22)(H,19,20,21). The molecule has 1 aromatic heterocycles. The van der Waals surface area contributed by atoms with Crippen LogP contribution in [0.5, 0.6) is 0 Å². The molecule has 0 atom stereocenters. The number of hydrogen-bond donors (Lipinski definition) is 2. The van der Waals surface area contributed by atoms with Gasteiger partial charge in [-0.1, -0.05) is 35.8 Å². The smallest absolute Gasteiger partial charge is 0.270 e. The molecule has 5 nitrogen and oxygen atoms in total. The predicted octanol–water partition coefficient (Wildman–Crippen LogP) is 3.76. The van der Waals surface area contributed by atoms with E-state index >= 15 is 0 Å². The zero-order valence-electron chi connectivity index (χ0n) is 12.6. The van der Waals surface area contributed by atoms with E-state index in [1.807, 2.05) is 24.3 Å². The van der Waals surface area contributed by atoms with E-state index in [2.05, 4.69) is 50.4 Å². The van der Waals surface area contributed by atoms with Gasteiger partial charge in [0.25, 0.3) is 5.91 Å². The van der Waals surface area contributed by atoms with Gasteiger partial charge in [0, 0.05) is 22.9 Å². The molecule has 22 heavy (non-hydrogen) atoms. The average molecular weight is 363 g/mol. The largest absolute Gasteiger partial charge is 0.351 e. The lowest BCUT2D eigenvalue weighted by Gasteiger charge is -2.08. The fourth-order valence-corrected chi connectivity index (χ4v) is 2.20. The Morgan fingerprint density at radius 2 is 2.14 bits per heavy atom. The summed E-state index contributed by atoms with van der Waals surface area (Å²) < 4.78 is 0.958. The molecule has 1 heterocycles. The number of aromatic nitrogens is 2. The predicted molar refractivity (Wildman–Crippen MR) is 91.2 cm³/mol. The van der Waals surface area contributed by atoms with E-state index in [1.165, 1.54) is 0 Å². The molecule has 0 aliphatic carbocycles. The van der Waals surface area contributed by atoms with Crippen LogP contribution in [0.25, 0.3) is 0 Å². The second-order valence-electron chi connectivity index (χ2n) is 5.34. The summed E-state index contributed by atoms with van der Waals surface area (Å²) in [5, 5.41) is 5.95. The van der Waals surface area contributed by atoms with Crippen molar-refractivity contribution >= 4 is 33.5 Å². The highest BCUT2D eigenvalue weighted by atomic mass is 79.9. The van der Waals surface area contributed by atoms with Crippen molar-refractivity contribution in [3.05, 3.63) is 46.7 Å². The van der Waals surface area contributed by atoms with Crippen LogP contribution in [0.1, 0.15) is 30.8 Å². The molecule has 2 aromatic rings. The molecule has 6 heteroatoms. The van der Waals surface area contributed by atoms with Crippen molar-refractivity contribution in [3.63, 3.8) is 0 Å². The Balaban J connectivity index is 2.01. The number of anilines is 2. The highest BCUT2D eigenvalue weighted by Gasteiger charge is 2.08. The van der Waals surface area contributed by atoms with E-state index in [0.29, 0.717) is 24.1 Å². The minimum atomic E-state index is -0.180. The molecular weight excluding hydrogens is 344 g/mol. The summed E-state index contributed by atoms with van der Waals surface area (Å²) in [5.41, 5.74) is 1.21. The van der Waals surface area contributed by atoms with E-state index in [4.69, 9.17) is 0 Å². The highest BCUT2D eigenvalue weighted by Crippen LogP contribution is 2.18. The minimum Gasteiger partial charge on any atom is -0.351 e. The quantitative estimate of drug-likeness (QED) is 0.820. The Morgan fingerprint density at radius 1 is 1.32 bits per heavy atom. The second kappa shape index (κ2) is 7.89. The van der Waals surface area contributed by atoms with Gasteiger partial charge in [0.2, 0.25) is 5.95 Å². The fraction of sp³-hybridized carbons (Fsp3) is 0.312. The number of benzene rings is 1. The summed E-state index contributed by atoms with van der Waals surface area (Å²) in [5.74, 6) is 0.773. The lowest BCUT2D eigenvalue weighted by molar-refractivity contribution is 0.0947. The molecule has 0 bridgehead atoms. The lowest BCUT2D eigenvalue weighted by Crippen LogP contribution is -2.26. The molecule has 0 fully saturated rings. The van der Waals surface area contributed by atoms with Gasteiger partial charge in [-0.05, 0) is 36.6 Å². The fourth-order valence-electron chi connectivity index (χ4n) is 1.81. The highest BCUT2D eigenvalue weighted by molar-refractivity contribution is 9.10. The second-order valence-corrected chi connectivity index (χ2v) is 6.25. The number of amides is 1. The SMILES string of the molecule is CC(C)CCNC(=O)c1ccnc(Nc2cccc(Br)c2)n1. The molecule has 1 aromatic carbocycles. The molecule has 0 spiro atoms. The van der Waals surface area contributed by atoms with Gasteiger partial charge in [0.15, 0.2) is 0 Å². The third-order valence-electron chi connectivity index (χ3n) is 2.98. The first-order valence-electron chi connectivity index (χ1n) is 7.18. The van der Waals surface area contributed by atoms with Gasteiger partial charge in [-0.15, -0.1) is 0 Å². The zero-order chi connectivity index (χ0) is 15.9. The van der Waals surface area contributed by atoms with Gasteiger partial charge in [-0.3, -0.25) is 4.79 Å². The van der Waals surface area contributed by atoms with Gasteiger partial charge in [-0.2, -0.15) is 0 Å². The van der Waals surface area contributed by atoms with Crippen molar-refractivity contribution in [2.75, 3.05) is 11.9 Å². The number of nitrogens with zero attached hydrogens (tertiary/aromatic N) is 2. The topological polar surface area (TPSA) is 66.9 Å². The maximum atomic E-state index is 12.0. The first-order valence-corrected chi connectivity index (χ1v) is 7.98. The molecule has 0 radical (unpaired) electrons. The third kappa shape index (κ3) is 5.11. The van der Waals surface area contributed by atoms with Gasteiger partial charge >= 0.3 is 0 Å². The summed E-state index contributed by atoms with van der Waals surface area (Å²) in [6, 6.07) is 9.28. The van der Waals surface area contributed by atoms with Gasteiger partial charge in [-0.25, -0.2) is 9.97 Å². The van der Waals surface area contributed by atoms with Gasteiger partial charge in [0.05, 0.1) is 0 Å². The Kier molecular flexibility index (Phi) is 5.89. The maximum absolute atomic E-state index is 12.0. The maximum Gasteiger partial charge on any atom is 0.270 e. The van der Waals surface area contributed by atoms with Crippen molar-refractivity contribution in [1.82, 2.24) is 15.3 Å². The molecule has 0 saturated heterocycles. The van der Waals surface area contributed by atoms with E-state index in [1.54, 1.807) is 12.3 Å². The Morgan fingerprint density at radius 3 is 2.86 bits per heavy atom. The van der Waals surface area contributed by atoms with Crippen LogP contribution in [-0.4, -0.2) is 22.4 Å². The van der Waals surface area contributed by atoms with Crippen LogP contribution in [0, 0.1) is 5.92 Å². The van der Waals surface area contributed by atoms with E-state index < -0.39 is 0 Å². The summed E-state index contributed by atoms with van der Waals surface area (Å²) in [7, 11) is 0. The molecule has 2 N–H and O–H groups in total. The Bertz CT molecular complexity index is 646. The van der Waals surface area contributed by atoms with Crippen molar-refractivity contribution in [1.29, 1.82) is 0 Å². The molecule has 0 aliphatic heterocycles. The molecule has 0 saturated carbocycles. The van der Waals surface area contributed by atoms with E-state index in [-0.39, 0.29) is 5.91 Å². The third-order valence-corrected chi connectivity index (χ3v) is 3.47. The summed E-state index contributed by atoms with van der Waals surface area (Å²) in [6.45, 7) is 4.89. The normalized spacial score (nSPS) is 10.5. The Labute approximate surface area is 138 Å². The van der Waals surface area contributed by atoms with Crippen molar-refractivity contribution < 1.29 is 4.79 Å². The average Bonchev–Trinajstić information content (AvgIpc) is 2.47. The Hall–Kier alpha value is -1.95. The van der Waals surface area contributed by atoms with E-state index in [9.17, 15) is 4.79 Å². The first-order chi connectivity index (χ1) is 10.5. The summed E-state index contributed by atoms with van der Waals surface area (Å²) in [4.78, 5) is 20.4. The molecular formula is C16H19BrN4O. The van der Waals surface area contributed by atoms with Crippen molar-refractivity contribution in [3.8, 4) is 0 Å². The zero-order valence-corrected chi connectivity index (χ0v) is 14.2. The molecule has 0 aliphatic rings. The van der Waals surface area contributed by atoms with Crippen LogP contribution in [0.2, 0.25) is 0 Å². The number of carbonyl (C=O) groups excluding carboxylic acids is 1. The lowest BCUT2D eigenvalue weighted by atomic mass is 10.1.